The number of anilines is 1. The van der Waals surface area contributed by atoms with Crippen molar-refractivity contribution in [3.05, 3.63) is 59.3 Å². The number of aliphatic imine (C=N–C) groups is 1. The Labute approximate surface area is 208 Å². The van der Waals surface area contributed by atoms with Crippen LogP contribution >= 0.6 is 24.0 Å². The summed E-state index contributed by atoms with van der Waals surface area (Å²) in [5.41, 5.74) is 9.22. The Morgan fingerprint density at radius 1 is 1.28 bits per heavy atom. The number of carbonyl (C=O) groups is 1. The van der Waals surface area contributed by atoms with Crippen molar-refractivity contribution in [1.29, 1.82) is 0 Å². The lowest BCUT2D eigenvalue weighted by atomic mass is 9.97. The van der Waals surface area contributed by atoms with Crippen LogP contribution in [-0.4, -0.2) is 48.9 Å². The van der Waals surface area contributed by atoms with Crippen molar-refractivity contribution in [2.75, 3.05) is 32.1 Å². The lowest BCUT2D eigenvalue weighted by molar-refractivity contribution is -0.122. The largest absolute Gasteiger partial charge is 0.369 e. The molecule has 0 spiro atoms. The Morgan fingerprint density at radius 2 is 2.00 bits per heavy atom. The van der Waals surface area contributed by atoms with Gasteiger partial charge in [0.1, 0.15) is 5.82 Å². The molecule has 2 heterocycles. The summed E-state index contributed by atoms with van der Waals surface area (Å²) in [5.74, 6) is 1.39. The van der Waals surface area contributed by atoms with Crippen LogP contribution in [0.2, 0.25) is 0 Å². The predicted octanol–water partition coefficient (Wildman–Crippen LogP) is 3.17. The number of pyridine rings is 1. The number of primary amides is 1. The third-order valence-electron chi connectivity index (χ3n) is 5.85. The second-order valence-corrected chi connectivity index (χ2v) is 8.10. The minimum atomic E-state index is -0.227. The summed E-state index contributed by atoms with van der Waals surface area (Å²) in [6.45, 7) is 5.05. The first-order valence-corrected chi connectivity index (χ1v) is 11.0. The highest BCUT2D eigenvalue weighted by molar-refractivity contribution is 14.0. The zero-order chi connectivity index (χ0) is 22.2. The third kappa shape index (κ3) is 6.82. The van der Waals surface area contributed by atoms with E-state index in [2.05, 4.69) is 62.3 Å². The smallest absolute Gasteiger partial charge is 0.222 e. The van der Waals surface area contributed by atoms with E-state index >= 15 is 0 Å². The number of hydrogen-bond donors (Lipinski definition) is 2. The number of aryl methyl sites for hydroxylation is 1. The molecule has 1 fully saturated rings. The molecule has 1 aromatic heterocycles. The molecule has 8 heteroatoms. The number of nitrogens with one attached hydrogen (secondary N) is 1. The van der Waals surface area contributed by atoms with Crippen molar-refractivity contribution in [2.45, 2.75) is 39.3 Å². The Balaban J connectivity index is 0.00000363. The quantitative estimate of drug-likeness (QED) is 0.314. The van der Waals surface area contributed by atoms with Crippen LogP contribution in [0.25, 0.3) is 0 Å². The highest BCUT2D eigenvalue weighted by Crippen LogP contribution is 2.24. The van der Waals surface area contributed by atoms with Gasteiger partial charge in [-0.05, 0) is 36.5 Å². The van der Waals surface area contributed by atoms with E-state index in [1.54, 1.807) is 13.2 Å². The van der Waals surface area contributed by atoms with Gasteiger partial charge in [0.05, 0.1) is 5.92 Å². The van der Waals surface area contributed by atoms with Crippen molar-refractivity contribution in [1.82, 2.24) is 15.2 Å². The SMILES string of the molecule is CCc1ccc(CN(C)C(=NC)NCc2cccnc2N2CCCC(C(N)=O)C2)cc1.I. The first-order chi connectivity index (χ1) is 15.0. The van der Waals surface area contributed by atoms with Gasteiger partial charge in [-0.25, -0.2) is 4.98 Å². The summed E-state index contributed by atoms with van der Waals surface area (Å²) in [7, 11) is 3.83. The molecule has 0 aliphatic carbocycles. The maximum Gasteiger partial charge on any atom is 0.222 e. The molecule has 0 saturated carbocycles. The number of nitrogens with zero attached hydrogens (tertiary/aromatic N) is 4. The fraction of sp³-hybridized carbons (Fsp3) is 0.458. The van der Waals surface area contributed by atoms with Gasteiger partial charge in [0.2, 0.25) is 5.91 Å². The molecule has 1 amide bonds. The molecule has 3 N–H and O–H groups in total. The fourth-order valence-corrected chi connectivity index (χ4v) is 4.04. The standard InChI is InChI=1S/C24H34N6O.HI/c1-4-18-9-11-19(12-10-18)16-29(3)24(26-2)28-15-20-7-5-13-27-23(20)30-14-6-8-21(17-30)22(25)31;/h5,7,9-13,21H,4,6,8,14-17H2,1-3H3,(H2,25,31)(H,26,28);1H. The number of halogens is 1. The summed E-state index contributed by atoms with van der Waals surface area (Å²) < 4.78 is 0. The van der Waals surface area contributed by atoms with Gasteiger partial charge < -0.3 is 20.9 Å². The first-order valence-electron chi connectivity index (χ1n) is 11.0. The molecule has 1 aliphatic heterocycles. The van der Waals surface area contributed by atoms with Crippen molar-refractivity contribution in [3.63, 3.8) is 0 Å². The van der Waals surface area contributed by atoms with Gasteiger partial charge in [-0.3, -0.25) is 9.79 Å². The lowest BCUT2D eigenvalue weighted by Gasteiger charge is -2.33. The van der Waals surface area contributed by atoms with Crippen LogP contribution in [0.4, 0.5) is 5.82 Å². The fourth-order valence-electron chi connectivity index (χ4n) is 4.04. The van der Waals surface area contributed by atoms with Gasteiger partial charge in [-0.2, -0.15) is 0 Å². The number of piperidine rings is 1. The number of nitrogens with two attached hydrogens (primary N) is 1. The van der Waals surface area contributed by atoms with E-state index in [4.69, 9.17) is 5.73 Å². The van der Waals surface area contributed by atoms with Crippen LogP contribution < -0.4 is 16.0 Å². The zero-order valence-corrected chi connectivity index (χ0v) is 21.6. The molecule has 1 unspecified atom stereocenters. The number of guanidine groups is 1. The summed E-state index contributed by atoms with van der Waals surface area (Å²) >= 11 is 0. The average Bonchev–Trinajstić information content (AvgIpc) is 2.80. The number of aromatic nitrogens is 1. The molecule has 3 rings (SSSR count). The van der Waals surface area contributed by atoms with Gasteiger partial charge in [0.15, 0.2) is 5.96 Å². The summed E-state index contributed by atoms with van der Waals surface area (Å²) in [5, 5.41) is 3.46. The van der Waals surface area contributed by atoms with Crippen LogP contribution in [0.15, 0.2) is 47.6 Å². The molecule has 0 bridgehead atoms. The van der Waals surface area contributed by atoms with Gasteiger partial charge in [0, 0.05) is 52.0 Å². The van der Waals surface area contributed by atoms with Gasteiger partial charge in [0.25, 0.3) is 0 Å². The highest BCUT2D eigenvalue weighted by atomic mass is 127. The summed E-state index contributed by atoms with van der Waals surface area (Å²) in [4.78, 5) is 25.0. The van der Waals surface area contributed by atoms with Crippen LogP contribution in [0.5, 0.6) is 0 Å². The zero-order valence-electron chi connectivity index (χ0n) is 19.3. The number of amides is 1. The van der Waals surface area contributed by atoms with Gasteiger partial charge in [-0.1, -0.05) is 37.3 Å². The monoisotopic (exact) mass is 550 g/mol. The van der Waals surface area contributed by atoms with E-state index in [1.165, 1.54) is 11.1 Å². The second-order valence-electron chi connectivity index (χ2n) is 8.10. The Hall–Kier alpha value is -2.36. The Morgan fingerprint density at radius 3 is 2.66 bits per heavy atom. The normalized spacial score (nSPS) is 16.3. The lowest BCUT2D eigenvalue weighted by Crippen LogP contribution is -2.42. The molecule has 1 atom stereocenters. The van der Waals surface area contributed by atoms with E-state index in [1.807, 2.05) is 13.1 Å². The molecule has 1 aliphatic rings. The molecule has 32 heavy (non-hydrogen) atoms. The van der Waals surface area contributed by atoms with Crippen LogP contribution in [-0.2, 0) is 24.3 Å². The Bertz CT molecular complexity index is 902. The average molecular weight is 550 g/mol. The maximum atomic E-state index is 11.7. The predicted molar refractivity (Wildman–Crippen MR) is 141 cm³/mol. The third-order valence-corrected chi connectivity index (χ3v) is 5.85. The second kappa shape index (κ2) is 12.6. The molecule has 174 valence electrons. The maximum absolute atomic E-state index is 11.7. The minimum Gasteiger partial charge on any atom is -0.369 e. The van der Waals surface area contributed by atoms with E-state index < -0.39 is 0 Å². The van der Waals surface area contributed by atoms with Crippen LogP contribution in [0, 0.1) is 5.92 Å². The molecular weight excluding hydrogens is 515 g/mol. The molecule has 1 aromatic carbocycles. The van der Waals surface area contributed by atoms with E-state index in [-0.39, 0.29) is 35.8 Å². The van der Waals surface area contributed by atoms with E-state index in [0.717, 1.165) is 49.7 Å². The first kappa shape index (κ1) is 25.9. The molecular formula is C24H35IN6O. The van der Waals surface area contributed by atoms with Crippen molar-refractivity contribution >= 4 is 41.7 Å². The molecule has 2 aromatic rings. The van der Waals surface area contributed by atoms with Gasteiger partial charge >= 0.3 is 0 Å². The molecule has 0 radical (unpaired) electrons. The molecule has 1 saturated heterocycles. The number of benzene rings is 1. The summed E-state index contributed by atoms with van der Waals surface area (Å²) in [6.07, 6.45) is 4.64. The van der Waals surface area contributed by atoms with Crippen LogP contribution in [0.3, 0.4) is 0 Å². The highest BCUT2D eigenvalue weighted by Gasteiger charge is 2.26. The van der Waals surface area contributed by atoms with E-state index in [9.17, 15) is 4.79 Å². The van der Waals surface area contributed by atoms with Crippen LogP contribution in [0.1, 0.15) is 36.5 Å². The van der Waals surface area contributed by atoms with Gasteiger partial charge in [-0.15, -0.1) is 24.0 Å². The minimum absolute atomic E-state index is 0. The van der Waals surface area contributed by atoms with Crippen molar-refractivity contribution in [3.8, 4) is 0 Å². The number of hydrogen-bond acceptors (Lipinski definition) is 4. The number of rotatable bonds is 7. The molecule has 7 nitrogen and oxygen atoms in total. The van der Waals surface area contributed by atoms with Crippen molar-refractivity contribution in [2.24, 2.45) is 16.6 Å². The number of carbonyl (C=O) groups excluding carboxylic acids is 1. The Kier molecular flexibility index (Phi) is 10.2. The van der Waals surface area contributed by atoms with Crippen molar-refractivity contribution < 1.29 is 4.79 Å². The topological polar surface area (TPSA) is 86.8 Å². The summed E-state index contributed by atoms with van der Waals surface area (Å²) in [6, 6.07) is 12.7. The van der Waals surface area contributed by atoms with E-state index in [0.29, 0.717) is 13.1 Å².